The molecule has 0 saturated heterocycles. The first-order valence-corrected chi connectivity index (χ1v) is 11.4. The van der Waals surface area contributed by atoms with E-state index in [1.54, 1.807) is 6.20 Å². The van der Waals surface area contributed by atoms with Gasteiger partial charge in [0.2, 0.25) is 10.0 Å². The highest BCUT2D eigenvalue weighted by Gasteiger charge is 2.38. The standard InChI is InChI=1S/C16H21ClN4O2S.C2HF3O2/c1-24(22,23)19-9-7-15-12-20(11-14-6-8-18-21(14)15)10-13-4-2-3-5-16(13)17;3-2(4,5)1(6)7/h2-6,8,15,19H,7,9-12H2,1H3;(H,6,7). The van der Waals surface area contributed by atoms with E-state index in [-0.39, 0.29) is 6.04 Å². The number of sulfonamides is 1. The fourth-order valence-corrected chi connectivity index (χ4v) is 3.76. The largest absolute Gasteiger partial charge is 0.490 e. The number of aromatic nitrogens is 2. The maximum absolute atomic E-state index is 11.3. The van der Waals surface area contributed by atoms with E-state index in [0.29, 0.717) is 13.0 Å². The van der Waals surface area contributed by atoms with Crippen LogP contribution in [0.1, 0.15) is 23.7 Å². The van der Waals surface area contributed by atoms with Crippen molar-refractivity contribution in [3.05, 3.63) is 52.8 Å². The van der Waals surface area contributed by atoms with E-state index < -0.39 is 22.2 Å². The third-order valence-electron chi connectivity index (χ3n) is 4.39. The minimum absolute atomic E-state index is 0.139. The van der Waals surface area contributed by atoms with Gasteiger partial charge in [0, 0.05) is 37.4 Å². The van der Waals surface area contributed by atoms with Gasteiger partial charge in [0.25, 0.3) is 0 Å². The van der Waals surface area contributed by atoms with Crippen LogP contribution in [0.5, 0.6) is 0 Å². The first-order chi connectivity index (χ1) is 14.4. The van der Waals surface area contributed by atoms with Crippen LogP contribution in [0.25, 0.3) is 0 Å². The summed E-state index contributed by atoms with van der Waals surface area (Å²) in [4.78, 5) is 11.2. The summed E-state index contributed by atoms with van der Waals surface area (Å²) in [6.07, 6.45) is -1.41. The minimum Gasteiger partial charge on any atom is -0.475 e. The zero-order valence-electron chi connectivity index (χ0n) is 16.5. The molecule has 1 aromatic carbocycles. The van der Waals surface area contributed by atoms with Crippen molar-refractivity contribution in [1.82, 2.24) is 19.4 Å². The molecule has 3 rings (SSSR count). The predicted octanol–water partition coefficient (Wildman–Crippen LogP) is 2.67. The second-order valence-electron chi connectivity index (χ2n) is 6.94. The van der Waals surface area contributed by atoms with Crippen molar-refractivity contribution in [3.63, 3.8) is 0 Å². The molecule has 8 nitrogen and oxygen atoms in total. The summed E-state index contributed by atoms with van der Waals surface area (Å²) < 4.78 is 58.8. The molecule has 0 aliphatic carbocycles. The van der Waals surface area contributed by atoms with Crippen molar-refractivity contribution in [2.24, 2.45) is 0 Å². The number of carboxylic acid groups (broad SMARTS) is 1. The highest BCUT2D eigenvalue weighted by molar-refractivity contribution is 7.88. The van der Waals surface area contributed by atoms with E-state index in [1.165, 1.54) is 6.26 Å². The Morgan fingerprint density at radius 1 is 1.32 bits per heavy atom. The van der Waals surface area contributed by atoms with Gasteiger partial charge in [-0.25, -0.2) is 17.9 Å². The van der Waals surface area contributed by atoms with Crippen LogP contribution in [-0.4, -0.2) is 59.7 Å². The Labute approximate surface area is 182 Å². The van der Waals surface area contributed by atoms with Gasteiger partial charge in [0.1, 0.15) is 0 Å². The molecule has 172 valence electrons. The molecular weight excluding hydrogens is 461 g/mol. The molecule has 13 heteroatoms. The van der Waals surface area contributed by atoms with Crippen LogP contribution >= 0.6 is 11.6 Å². The second kappa shape index (κ2) is 10.4. The Kier molecular flexibility index (Phi) is 8.46. The van der Waals surface area contributed by atoms with Crippen molar-refractivity contribution < 1.29 is 31.5 Å². The van der Waals surface area contributed by atoms with Crippen LogP contribution in [0.15, 0.2) is 36.5 Å². The number of benzene rings is 1. The molecule has 1 atom stereocenters. The summed E-state index contributed by atoms with van der Waals surface area (Å²) >= 11 is 6.27. The Bertz CT molecular complexity index is 998. The molecule has 0 amide bonds. The van der Waals surface area contributed by atoms with Gasteiger partial charge in [-0.2, -0.15) is 18.3 Å². The van der Waals surface area contributed by atoms with Gasteiger partial charge in [-0.1, -0.05) is 29.8 Å². The van der Waals surface area contributed by atoms with Gasteiger partial charge in [-0.15, -0.1) is 0 Å². The lowest BCUT2D eigenvalue weighted by atomic mass is 10.1. The first-order valence-electron chi connectivity index (χ1n) is 9.09. The molecule has 0 bridgehead atoms. The molecule has 2 N–H and O–H groups in total. The van der Waals surface area contributed by atoms with Crippen molar-refractivity contribution >= 4 is 27.6 Å². The third-order valence-corrected chi connectivity index (χ3v) is 5.49. The molecule has 0 radical (unpaired) electrons. The smallest absolute Gasteiger partial charge is 0.475 e. The maximum Gasteiger partial charge on any atom is 0.490 e. The van der Waals surface area contributed by atoms with Crippen molar-refractivity contribution in [1.29, 1.82) is 0 Å². The van der Waals surface area contributed by atoms with Crippen LogP contribution < -0.4 is 4.72 Å². The lowest BCUT2D eigenvalue weighted by molar-refractivity contribution is -0.192. The fourth-order valence-electron chi connectivity index (χ4n) is 3.08. The van der Waals surface area contributed by atoms with Crippen LogP contribution in [0, 0.1) is 0 Å². The van der Waals surface area contributed by atoms with Crippen LogP contribution in [-0.2, 0) is 27.9 Å². The average molecular weight is 483 g/mol. The molecule has 0 fully saturated rings. The van der Waals surface area contributed by atoms with Gasteiger partial charge < -0.3 is 5.11 Å². The second-order valence-corrected chi connectivity index (χ2v) is 9.18. The van der Waals surface area contributed by atoms with Gasteiger partial charge in [-0.3, -0.25) is 9.58 Å². The summed E-state index contributed by atoms with van der Waals surface area (Å²) in [6.45, 7) is 2.79. The van der Waals surface area contributed by atoms with E-state index >= 15 is 0 Å². The molecule has 1 aliphatic rings. The number of halogens is 4. The number of carboxylic acids is 1. The predicted molar refractivity (Wildman–Crippen MR) is 108 cm³/mol. The number of nitrogens with zero attached hydrogens (tertiary/aromatic N) is 3. The van der Waals surface area contributed by atoms with Crippen LogP contribution in [0.2, 0.25) is 5.02 Å². The molecule has 0 spiro atoms. The van der Waals surface area contributed by atoms with Gasteiger partial charge in [-0.05, 0) is 24.1 Å². The van der Waals surface area contributed by atoms with Crippen molar-refractivity contribution in [3.8, 4) is 0 Å². The lowest BCUT2D eigenvalue weighted by Gasteiger charge is -2.34. The van der Waals surface area contributed by atoms with Crippen LogP contribution in [0.4, 0.5) is 13.2 Å². The summed E-state index contributed by atoms with van der Waals surface area (Å²) in [5.74, 6) is -2.76. The molecule has 31 heavy (non-hydrogen) atoms. The van der Waals surface area contributed by atoms with E-state index in [2.05, 4.69) is 14.7 Å². The zero-order valence-corrected chi connectivity index (χ0v) is 18.1. The van der Waals surface area contributed by atoms with E-state index in [4.69, 9.17) is 21.5 Å². The normalized spacial score (nSPS) is 16.9. The summed E-state index contributed by atoms with van der Waals surface area (Å²) in [5.41, 5.74) is 2.23. The Morgan fingerprint density at radius 3 is 2.55 bits per heavy atom. The molecule has 0 saturated carbocycles. The fraction of sp³-hybridized carbons (Fsp3) is 0.444. The van der Waals surface area contributed by atoms with Gasteiger partial charge in [0.15, 0.2) is 0 Å². The van der Waals surface area contributed by atoms with Gasteiger partial charge in [0.05, 0.1) is 18.0 Å². The number of hydrogen-bond donors (Lipinski definition) is 2. The molecule has 1 unspecified atom stereocenters. The quantitative estimate of drug-likeness (QED) is 0.656. The zero-order chi connectivity index (χ0) is 23.2. The maximum atomic E-state index is 11.3. The van der Waals surface area contributed by atoms with Crippen LogP contribution in [0.3, 0.4) is 0 Å². The summed E-state index contributed by atoms with van der Waals surface area (Å²) in [6, 6.07) is 10.0. The molecule has 2 aromatic rings. The number of nitrogens with one attached hydrogen (secondary N) is 1. The number of aliphatic carboxylic acids is 1. The monoisotopic (exact) mass is 482 g/mol. The van der Waals surface area contributed by atoms with E-state index in [1.807, 2.05) is 35.0 Å². The van der Waals surface area contributed by atoms with Crippen molar-refractivity contribution in [2.75, 3.05) is 19.3 Å². The molecular formula is C18H22ClF3N4O4S. The summed E-state index contributed by atoms with van der Waals surface area (Å²) in [7, 11) is -3.17. The Morgan fingerprint density at radius 2 is 1.97 bits per heavy atom. The number of carbonyl (C=O) groups is 1. The highest BCUT2D eigenvalue weighted by atomic mass is 35.5. The lowest BCUT2D eigenvalue weighted by Crippen LogP contribution is -2.38. The van der Waals surface area contributed by atoms with Gasteiger partial charge >= 0.3 is 12.1 Å². The van der Waals surface area contributed by atoms with E-state index in [0.717, 1.165) is 35.9 Å². The molecule has 1 aromatic heterocycles. The number of fused-ring (bicyclic) bond motifs is 1. The molecule has 1 aliphatic heterocycles. The number of rotatable bonds is 6. The molecule has 2 heterocycles. The Balaban J connectivity index is 0.000000423. The number of hydrogen-bond acceptors (Lipinski definition) is 5. The highest BCUT2D eigenvalue weighted by Crippen LogP contribution is 2.26. The minimum atomic E-state index is -5.08. The summed E-state index contributed by atoms with van der Waals surface area (Å²) in [5, 5.41) is 12.3. The van der Waals surface area contributed by atoms with Crippen molar-refractivity contribution in [2.45, 2.75) is 31.7 Å². The topological polar surface area (TPSA) is 105 Å². The SMILES string of the molecule is CS(=O)(=O)NCCC1CN(Cc2ccccc2Cl)Cc2ccnn21.O=C(O)C(F)(F)F. The first kappa shape index (κ1) is 25.1. The third kappa shape index (κ3) is 8.13. The van der Waals surface area contributed by atoms with E-state index in [9.17, 15) is 21.6 Å². The Hall–Kier alpha value is -2.15. The average Bonchev–Trinajstić information content (AvgIpc) is 3.11. The number of alkyl halides is 3.